The summed E-state index contributed by atoms with van der Waals surface area (Å²) in [5.41, 5.74) is 2.27. The molecule has 0 fully saturated rings. The molecule has 10 heteroatoms. The topological polar surface area (TPSA) is 94.0 Å². The summed E-state index contributed by atoms with van der Waals surface area (Å²) in [6.07, 6.45) is 0. The molecule has 0 unspecified atom stereocenters. The zero-order valence-corrected chi connectivity index (χ0v) is 18.1. The Kier molecular flexibility index (Phi) is 5.99. The van der Waals surface area contributed by atoms with E-state index in [9.17, 15) is 13.6 Å². The quantitative estimate of drug-likeness (QED) is 0.430. The van der Waals surface area contributed by atoms with Gasteiger partial charge in [0.05, 0.1) is 5.69 Å². The molecule has 8 nitrogen and oxygen atoms in total. The number of nitrogens with one attached hydrogen (secondary N) is 2. The maximum absolute atomic E-state index is 13.3. The highest BCUT2D eigenvalue weighted by Gasteiger charge is 2.10. The van der Waals surface area contributed by atoms with Crippen molar-refractivity contribution >= 4 is 17.4 Å². The average molecular weight is 450 g/mol. The number of aryl methyl sites for hydroxylation is 3. The summed E-state index contributed by atoms with van der Waals surface area (Å²) in [6, 6.07) is 12.3. The molecule has 4 aromatic rings. The molecule has 2 aromatic carbocycles. The monoisotopic (exact) mass is 450 g/mol. The first kappa shape index (κ1) is 21.9. The van der Waals surface area contributed by atoms with Crippen molar-refractivity contribution in [2.24, 2.45) is 0 Å². The zero-order valence-electron chi connectivity index (χ0n) is 18.1. The average Bonchev–Trinajstić information content (AvgIpc) is 3.06. The molecule has 33 heavy (non-hydrogen) atoms. The van der Waals surface area contributed by atoms with Crippen LogP contribution in [0, 0.1) is 32.4 Å². The number of benzene rings is 2. The van der Waals surface area contributed by atoms with Gasteiger partial charge in [-0.1, -0.05) is 0 Å². The van der Waals surface area contributed by atoms with Crippen LogP contribution in [0.2, 0.25) is 0 Å². The number of hydrogen-bond donors (Lipinski definition) is 2. The fourth-order valence-electron chi connectivity index (χ4n) is 3.19. The van der Waals surface area contributed by atoms with Crippen molar-refractivity contribution in [2.45, 2.75) is 20.8 Å². The Morgan fingerprint density at radius 2 is 1.55 bits per heavy atom. The molecule has 168 valence electrons. The summed E-state index contributed by atoms with van der Waals surface area (Å²) >= 11 is 0. The minimum absolute atomic E-state index is 0.00232. The van der Waals surface area contributed by atoms with E-state index >= 15 is 0 Å². The number of nitrogens with zero attached hydrogens (tertiary/aromatic N) is 4. The summed E-state index contributed by atoms with van der Waals surface area (Å²) in [7, 11) is 0. The highest BCUT2D eigenvalue weighted by atomic mass is 19.1. The molecule has 0 saturated heterocycles. The number of rotatable bonds is 5. The van der Waals surface area contributed by atoms with Gasteiger partial charge in [-0.05, 0) is 63.2 Å². The Hall–Kier alpha value is -4.34. The zero-order chi connectivity index (χ0) is 23.5. The molecule has 0 spiro atoms. The molecule has 0 bridgehead atoms. The number of hydrogen-bond acceptors (Lipinski definition) is 5. The molecule has 2 amide bonds. The SMILES string of the molecule is Cc1cc(C)n(-c2cc(Oc3ccc(NC(=O)Nc4cc(F)cc(F)c4)cc3)nc(C)n2)n1. The van der Waals surface area contributed by atoms with Crippen molar-refractivity contribution < 1.29 is 18.3 Å². The van der Waals surface area contributed by atoms with Crippen molar-refractivity contribution in [3.8, 4) is 17.4 Å². The Bertz CT molecular complexity index is 1300. The molecular weight excluding hydrogens is 430 g/mol. The lowest BCUT2D eigenvalue weighted by Gasteiger charge is -2.10. The fraction of sp³-hybridized carbons (Fsp3) is 0.130. The third-order valence-electron chi connectivity index (χ3n) is 4.48. The number of amides is 2. The lowest BCUT2D eigenvalue weighted by Crippen LogP contribution is -2.19. The number of anilines is 2. The molecule has 0 aliphatic carbocycles. The van der Waals surface area contributed by atoms with Gasteiger partial charge in [-0.3, -0.25) is 0 Å². The predicted molar refractivity (Wildman–Crippen MR) is 119 cm³/mol. The van der Waals surface area contributed by atoms with Gasteiger partial charge in [0.2, 0.25) is 5.88 Å². The first-order valence-corrected chi connectivity index (χ1v) is 9.96. The van der Waals surface area contributed by atoms with Crippen molar-refractivity contribution in [1.29, 1.82) is 0 Å². The molecule has 4 rings (SSSR count). The Labute approximate surface area is 188 Å². The Balaban J connectivity index is 1.43. The number of carbonyl (C=O) groups is 1. The van der Waals surface area contributed by atoms with Gasteiger partial charge in [-0.25, -0.2) is 23.2 Å². The Morgan fingerprint density at radius 1 is 0.879 bits per heavy atom. The highest BCUT2D eigenvalue weighted by Crippen LogP contribution is 2.24. The maximum atomic E-state index is 13.3. The van der Waals surface area contributed by atoms with Gasteiger partial charge in [0.25, 0.3) is 0 Å². The summed E-state index contributed by atoms with van der Waals surface area (Å²) in [5.74, 6) is 0.383. The molecule has 0 aliphatic rings. The van der Waals surface area contributed by atoms with E-state index in [1.807, 2.05) is 19.9 Å². The molecule has 2 aromatic heterocycles. The number of carbonyl (C=O) groups excluding carboxylic acids is 1. The molecule has 0 saturated carbocycles. The van der Waals surface area contributed by atoms with Crippen molar-refractivity contribution in [1.82, 2.24) is 19.7 Å². The number of aromatic nitrogens is 4. The summed E-state index contributed by atoms with van der Waals surface area (Å²) in [5, 5.41) is 9.39. The van der Waals surface area contributed by atoms with E-state index in [-0.39, 0.29) is 5.69 Å². The molecular formula is C23H20F2N6O2. The number of urea groups is 1. The van der Waals surface area contributed by atoms with E-state index in [0.717, 1.165) is 29.6 Å². The Morgan fingerprint density at radius 3 is 2.18 bits per heavy atom. The van der Waals surface area contributed by atoms with Gasteiger partial charge in [-0.2, -0.15) is 10.1 Å². The summed E-state index contributed by atoms with van der Waals surface area (Å²) in [6.45, 7) is 5.60. The van der Waals surface area contributed by atoms with Gasteiger partial charge in [0.15, 0.2) is 5.82 Å². The molecule has 2 N–H and O–H groups in total. The van der Waals surface area contributed by atoms with Gasteiger partial charge in [0.1, 0.15) is 23.2 Å². The third-order valence-corrected chi connectivity index (χ3v) is 4.48. The van der Waals surface area contributed by atoms with Crippen molar-refractivity contribution in [2.75, 3.05) is 10.6 Å². The van der Waals surface area contributed by atoms with Crippen LogP contribution >= 0.6 is 0 Å². The highest BCUT2D eigenvalue weighted by molar-refractivity contribution is 5.99. The standard InChI is InChI=1S/C23H20F2N6O2/c1-13-8-14(2)31(30-13)21-12-22(27-15(3)26-21)33-20-6-4-18(5-7-20)28-23(32)29-19-10-16(24)9-17(25)11-19/h4-12H,1-3H3,(H2,28,29,32). The van der Waals surface area contributed by atoms with Gasteiger partial charge in [-0.15, -0.1) is 0 Å². The van der Waals surface area contributed by atoms with Crippen LogP contribution in [0.15, 0.2) is 54.6 Å². The van der Waals surface area contributed by atoms with E-state index in [1.165, 1.54) is 0 Å². The van der Waals surface area contributed by atoms with E-state index in [4.69, 9.17) is 4.74 Å². The van der Waals surface area contributed by atoms with Crippen LogP contribution in [-0.2, 0) is 0 Å². The summed E-state index contributed by atoms with van der Waals surface area (Å²) < 4.78 is 34.1. The van der Waals surface area contributed by atoms with Crippen LogP contribution in [0.4, 0.5) is 25.0 Å². The molecule has 0 atom stereocenters. The van der Waals surface area contributed by atoms with Crippen LogP contribution in [0.3, 0.4) is 0 Å². The largest absolute Gasteiger partial charge is 0.439 e. The van der Waals surface area contributed by atoms with Crippen LogP contribution in [0.5, 0.6) is 11.6 Å². The lowest BCUT2D eigenvalue weighted by atomic mass is 10.3. The van der Waals surface area contributed by atoms with Gasteiger partial charge < -0.3 is 15.4 Å². The fourth-order valence-corrected chi connectivity index (χ4v) is 3.19. The maximum Gasteiger partial charge on any atom is 0.323 e. The van der Waals surface area contributed by atoms with E-state index in [0.29, 0.717) is 29.0 Å². The van der Waals surface area contributed by atoms with Crippen LogP contribution in [0.1, 0.15) is 17.2 Å². The van der Waals surface area contributed by atoms with E-state index < -0.39 is 17.7 Å². The second-order valence-corrected chi connectivity index (χ2v) is 7.31. The molecule has 0 radical (unpaired) electrons. The van der Waals surface area contributed by atoms with Crippen molar-refractivity contribution in [3.63, 3.8) is 0 Å². The normalized spacial score (nSPS) is 10.7. The minimum Gasteiger partial charge on any atom is -0.439 e. The molecule has 2 heterocycles. The third kappa shape index (κ3) is 5.48. The number of ether oxygens (including phenoxy) is 1. The second-order valence-electron chi connectivity index (χ2n) is 7.31. The lowest BCUT2D eigenvalue weighted by molar-refractivity contribution is 0.262. The first-order chi connectivity index (χ1) is 15.7. The summed E-state index contributed by atoms with van der Waals surface area (Å²) in [4.78, 5) is 20.8. The van der Waals surface area contributed by atoms with Crippen LogP contribution in [0.25, 0.3) is 5.82 Å². The predicted octanol–water partition coefficient (Wildman–Crippen LogP) is 5.30. The molecule has 0 aliphatic heterocycles. The van der Waals surface area contributed by atoms with Crippen LogP contribution in [-0.4, -0.2) is 25.8 Å². The first-order valence-electron chi connectivity index (χ1n) is 9.96. The second kappa shape index (κ2) is 9.03. The minimum atomic E-state index is -0.784. The smallest absolute Gasteiger partial charge is 0.323 e. The van der Waals surface area contributed by atoms with Gasteiger partial charge >= 0.3 is 6.03 Å². The van der Waals surface area contributed by atoms with Crippen LogP contribution < -0.4 is 15.4 Å². The van der Waals surface area contributed by atoms with Crippen molar-refractivity contribution in [3.05, 3.63) is 83.4 Å². The van der Waals surface area contributed by atoms with Gasteiger partial charge in [0, 0.05) is 29.2 Å². The number of halogens is 2. The van der Waals surface area contributed by atoms with E-state index in [2.05, 4.69) is 25.7 Å². The van der Waals surface area contributed by atoms with E-state index in [1.54, 1.807) is 41.9 Å².